The van der Waals surface area contributed by atoms with Gasteiger partial charge in [-0.1, -0.05) is 6.08 Å². The van der Waals surface area contributed by atoms with Crippen LogP contribution < -0.4 is 5.01 Å². The smallest absolute Gasteiger partial charge is 0.356 e. The molecule has 1 aromatic carbocycles. The lowest BCUT2D eigenvalue weighted by Crippen LogP contribution is -2.44. The summed E-state index contributed by atoms with van der Waals surface area (Å²) in [6.45, 7) is 0.302. The average Bonchev–Trinajstić information content (AvgIpc) is 3.10. The number of carbonyl (C=O) groups is 1. The van der Waals surface area contributed by atoms with Crippen molar-refractivity contribution in [2.45, 2.75) is 10.8 Å². The molecule has 2 atom stereocenters. The lowest BCUT2D eigenvalue weighted by Gasteiger charge is -2.27. The average molecular weight is 303 g/mol. The molecule has 0 radical (unpaired) electrons. The number of nitro groups is 1. The van der Waals surface area contributed by atoms with Crippen molar-refractivity contribution in [3.05, 3.63) is 45.9 Å². The van der Waals surface area contributed by atoms with Crippen molar-refractivity contribution >= 4 is 34.8 Å². The van der Waals surface area contributed by atoms with Crippen molar-refractivity contribution in [1.82, 2.24) is 0 Å². The molecule has 1 fully saturated rings. The highest BCUT2D eigenvalue weighted by molar-refractivity contribution is 8.04. The Kier molecular flexibility index (Phi) is 2.41. The first kappa shape index (κ1) is 12.4. The van der Waals surface area contributed by atoms with Gasteiger partial charge in [-0.3, -0.25) is 15.1 Å². The van der Waals surface area contributed by atoms with Gasteiger partial charge < -0.3 is 4.74 Å². The molecule has 3 aliphatic heterocycles. The fourth-order valence-corrected chi connectivity index (χ4v) is 3.93. The molecule has 4 rings (SSSR count). The number of rotatable bonds is 2. The number of thioether (sulfide) groups is 1. The largest absolute Gasteiger partial charge is 0.459 e. The van der Waals surface area contributed by atoms with E-state index in [4.69, 9.17) is 4.74 Å². The van der Waals surface area contributed by atoms with Gasteiger partial charge in [0.25, 0.3) is 5.69 Å². The Hall–Kier alpha value is -2.35. The van der Waals surface area contributed by atoms with Gasteiger partial charge in [0.05, 0.1) is 16.7 Å². The lowest BCUT2D eigenvalue weighted by atomic mass is 9.97. The molecule has 0 amide bonds. The minimum absolute atomic E-state index is 0.0243. The minimum atomic E-state index is -0.473. The van der Waals surface area contributed by atoms with Crippen molar-refractivity contribution in [2.75, 3.05) is 11.6 Å². The number of nitrogens with zero attached hydrogens (tertiary/aromatic N) is 3. The molecule has 1 spiro atoms. The third-order valence-corrected chi connectivity index (χ3v) is 5.09. The number of carbonyl (C=O) groups excluding carboxylic acids is 1. The molecule has 3 heterocycles. The number of anilines is 1. The van der Waals surface area contributed by atoms with Crippen molar-refractivity contribution in [1.29, 1.82) is 0 Å². The topological polar surface area (TPSA) is 85.0 Å². The highest BCUT2D eigenvalue weighted by Crippen LogP contribution is 2.49. The van der Waals surface area contributed by atoms with Crippen LogP contribution in [0.2, 0.25) is 0 Å². The maximum absolute atomic E-state index is 11.8. The minimum Gasteiger partial charge on any atom is -0.459 e. The summed E-state index contributed by atoms with van der Waals surface area (Å²) in [5.74, 6) is -0.388. The van der Waals surface area contributed by atoms with E-state index < -0.39 is 9.67 Å². The Morgan fingerprint density at radius 3 is 2.90 bits per heavy atom. The third-order valence-electron chi connectivity index (χ3n) is 3.83. The molecule has 0 N–H and O–H groups in total. The van der Waals surface area contributed by atoms with E-state index in [2.05, 4.69) is 5.10 Å². The van der Waals surface area contributed by atoms with E-state index in [0.717, 1.165) is 0 Å². The predicted octanol–water partition coefficient (Wildman–Crippen LogP) is 1.70. The molecular formula is C13H9N3O4S. The standard InChI is InChI=1S/C13H9N3O4S/c17-12-11-13(7-20-12)10(5-6-21-13)15(14-11)8-1-3-9(4-2-8)16(18)19/h1-6,10H,7H2. The van der Waals surface area contributed by atoms with Crippen LogP contribution in [0.5, 0.6) is 0 Å². The van der Waals surface area contributed by atoms with Crippen LogP contribution >= 0.6 is 11.8 Å². The molecule has 8 heteroatoms. The van der Waals surface area contributed by atoms with Crippen molar-refractivity contribution < 1.29 is 14.5 Å². The van der Waals surface area contributed by atoms with E-state index in [1.165, 1.54) is 23.9 Å². The monoisotopic (exact) mass is 303 g/mol. The third kappa shape index (κ3) is 1.56. The predicted molar refractivity (Wildman–Crippen MR) is 77.2 cm³/mol. The van der Waals surface area contributed by atoms with E-state index in [9.17, 15) is 14.9 Å². The molecule has 106 valence electrons. The number of nitro benzene ring substituents is 1. The maximum Gasteiger partial charge on any atom is 0.356 e. The highest BCUT2D eigenvalue weighted by atomic mass is 32.2. The summed E-state index contributed by atoms with van der Waals surface area (Å²) in [6.07, 6.45) is 1.98. The van der Waals surface area contributed by atoms with Crippen LogP contribution in [-0.2, 0) is 9.53 Å². The van der Waals surface area contributed by atoms with Crippen LogP contribution in [-0.4, -0.2) is 34.0 Å². The summed E-state index contributed by atoms with van der Waals surface area (Å²) in [4.78, 5) is 22.1. The zero-order chi connectivity index (χ0) is 14.6. The van der Waals surface area contributed by atoms with Gasteiger partial charge in [0.15, 0.2) is 5.71 Å². The molecule has 7 nitrogen and oxygen atoms in total. The molecular weight excluding hydrogens is 294 g/mol. The maximum atomic E-state index is 11.8. The number of cyclic esters (lactones) is 1. The second-order valence-electron chi connectivity index (χ2n) is 4.92. The van der Waals surface area contributed by atoms with Gasteiger partial charge in [-0.15, -0.1) is 11.8 Å². The van der Waals surface area contributed by atoms with Crippen molar-refractivity contribution in [2.24, 2.45) is 5.10 Å². The Balaban J connectivity index is 1.74. The molecule has 2 unspecified atom stereocenters. The molecule has 21 heavy (non-hydrogen) atoms. The molecule has 1 saturated heterocycles. The van der Waals surface area contributed by atoms with Gasteiger partial charge in [-0.2, -0.15) is 5.10 Å². The summed E-state index contributed by atoms with van der Waals surface area (Å²) in [7, 11) is 0. The number of ether oxygens (including phenoxy) is 1. The lowest BCUT2D eigenvalue weighted by molar-refractivity contribution is -0.384. The van der Waals surface area contributed by atoms with Crippen LogP contribution in [0.3, 0.4) is 0 Å². The number of non-ortho nitro benzene ring substituents is 1. The zero-order valence-corrected chi connectivity index (χ0v) is 11.4. The Labute approximate surface area is 123 Å². The zero-order valence-electron chi connectivity index (χ0n) is 10.6. The first-order valence-electron chi connectivity index (χ1n) is 6.26. The van der Waals surface area contributed by atoms with E-state index in [1.807, 2.05) is 11.5 Å². The Morgan fingerprint density at radius 1 is 1.43 bits per heavy atom. The van der Waals surface area contributed by atoms with E-state index in [1.54, 1.807) is 17.1 Å². The number of hydrazone groups is 1. The molecule has 0 saturated carbocycles. The van der Waals surface area contributed by atoms with Crippen LogP contribution in [0, 0.1) is 10.1 Å². The summed E-state index contributed by atoms with van der Waals surface area (Å²) in [6, 6.07) is 6.03. The molecule has 3 aliphatic rings. The van der Waals surface area contributed by atoms with Crippen LogP contribution in [0.4, 0.5) is 11.4 Å². The number of hydrogen-bond donors (Lipinski definition) is 0. The Morgan fingerprint density at radius 2 is 2.19 bits per heavy atom. The van der Waals surface area contributed by atoms with E-state index >= 15 is 0 Å². The second kappa shape index (κ2) is 4.08. The first-order chi connectivity index (χ1) is 10.1. The highest BCUT2D eigenvalue weighted by Gasteiger charge is 2.60. The van der Waals surface area contributed by atoms with Gasteiger partial charge >= 0.3 is 5.97 Å². The van der Waals surface area contributed by atoms with Crippen LogP contribution in [0.15, 0.2) is 40.9 Å². The SMILES string of the molecule is O=C1OCC23SC=CC2N(c2ccc([N+](=O)[O-])cc2)N=C13. The van der Waals surface area contributed by atoms with Gasteiger partial charge in [0.1, 0.15) is 11.4 Å². The number of hydrogen-bond acceptors (Lipinski definition) is 7. The van der Waals surface area contributed by atoms with Gasteiger partial charge in [0, 0.05) is 12.1 Å². The van der Waals surface area contributed by atoms with Crippen LogP contribution in [0.25, 0.3) is 0 Å². The van der Waals surface area contributed by atoms with E-state index in [-0.39, 0.29) is 17.7 Å². The Bertz CT molecular complexity index is 715. The summed E-state index contributed by atoms with van der Waals surface area (Å²) >= 11 is 1.53. The van der Waals surface area contributed by atoms with E-state index in [0.29, 0.717) is 18.0 Å². The van der Waals surface area contributed by atoms with Crippen molar-refractivity contribution in [3.8, 4) is 0 Å². The number of benzene rings is 1. The quantitative estimate of drug-likeness (QED) is 0.469. The van der Waals surface area contributed by atoms with Crippen LogP contribution in [0.1, 0.15) is 0 Å². The van der Waals surface area contributed by atoms with Gasteiger partial charge in [0.2, 0.25) is 0 Å². The normalized spacial score (nSPS) is 29.1. The fourth-order valence-electron chi connectivity index (χ4n) is 2.78. The summed E-state index contributed by atoms with van der Waals surface area (Å²) in [5.41, 5.74) is 1.16. The molecule has 0 aliphatic carbocycles. The van der Waals surface area contributed by atoms with Gasteiger partial charge in [-0.25, -0.2) is 4.79 Å². The summed E-state index contributed by atoms with van der Waals surface area (Å²) in [5, 5.41) is 18.8. The second-order valence-corrected chi connectivity index (χ2v) is 6.16. The van der Waals surface area contributed by atoms with Crippen molar-refractivity contribution in [3.63, 3.8) is 0 Å². The first-order valence-corrected chi connectivity index (χ1v) is 7.14. The molecule has 1 aromatic rings. The molecule has 0 bridgehead atoms. The molecule has 0 aromatic heterocycles. The van der Waals surface area contributed by atoms with Gasteiger partial charge in [-0.05, 0) is 17.5 Å². The fraction of sp³-hybridized carbons (Fsp3) is 0.231. The summed E-state index contributed by atoms with van der Waals surface area (Å²) < 4.78 is 4.64. The number of esters is 1.